The van der Waals surface area contributed by atoms with Crippen LogP contribution in [0.25, 0.3) is 5.52 Å². The first-order valence-electron chi connectivity index (χ1n) is 11.3. The molecular weight excluding hydrogens is 496 g/mol. The molecular formula is C27H31BrN2O4. The van der Waals surface area contributed by atoms with E-state index in [2.05, 4.69) is 29.8 Å². The van der Waals surface area contributed by atoms with Crippen molar-refractivity contribution in [2.24, 2.45) is 5.41 Å². The zero-order valence-corrected chi connectivity index (χ0v) is 22.1. The minimum Gasteiger partial charge on any atom is -0.481 e. The number of amides is 1. The highest BCUT2D eigenvalue weighted by molar-refractivity contribution is 9.10. The molecule has 0 fully saturated rings. The molecule has 3 rings (SSSR count). The Morgan fingerprint density at radius 2 is 1.71 bits per heavy atom. The predicted molar refractivity (Wildman–Crippen MR) is 138 cm³/mol. The largest absolute Gasteiger partial charge is 0.481 e. The molecule has 0 aliphatic rings. The second-order valence-electron chi connectivity index (χ2n) is 9.87. The van der Waals surface area contributed by atoms with Crippen molar-refractivity contribution in [3.8, 4) is 0 Å². The number of pyridine rings is 1. The number of anilines is 1. The summed E-state index contributed by atoms with van der Waals surface area (Å²) in [5, 5.41) is 9.29. The van der Waals surface area contributed by atoms with Crippen molar-refractivity contribution in [3.05, 3.63) is 69.5 Å². The highest BCUT2D eigenvalue weighted by Crippen LogP contribution is 2.33. The number of aliphatic carboxylic acids is 1. The second kappa shape index (κ2) is 9.74. The number of aromatic nitrogens is 1. The molecule has 0 atom stereocenters. The van der Waals surface area contributed by atoms with Gasteiger partial charge in [0, 0.05) is 33.9 Å². The molecule has 7 heteroatoms. The second-order valence-corrected chi connectivity index (χ2v) is 10.8. The van der Waals surface area contributed by atoms with Gasteiger partial charge in [-0.1, -0.05) is 50.5 Å². The van der Waals surface area contributed by atoms with Gasteiger partial charge in [-0.3, -0.25) is 14.4 Å². The van der Waals surface area contributed by atoms with Crippen molar-refractivity contribution in [1.82, 2.24) is 4.40 Å². The number of carbonyl (C=O) groups excluding carboxylic acids is 2. The van der Waals surface area contributed by atoms with Crippen molar-refractivity contribution in [1.29, 1.82) is 0 Å². The summed E-state index contributed by atoms with van der Waals surface area (Å²) in [5.41, 5.74) is 3.23. The van der Waals surface area contributed by atoms with Crippen LogP contribution in [-0.2, 0) is 4.79 Å². The lowest BCUT2D eigenvalue weighted by atomic mass is 9.85. The van der Waals surface area contributed by atoms with Gasteiger partial charge in [0.1, 0.15) is 5.69 Å². The average molecular weight is 527 g/mol. The monoisotopic (exact) mass is 526 g/mol. The Labute approximate surface area is 208 Å². The van der Waals surface area contributed by atoms with Crippen LogP contribution < -0.4 is 4.90 Å². The fraction of sp³-hybridized carbons (Fsp3) is 0.370. The molecule has 0 spiro atoms. The molecule has 0 aliphatic heterocycles. The number of carboxylic acids is 1. The molecule has 0 unspecified atom stereocenters. The molecule has 1 N–H and O–H groups in total. The summed E-state index contributed by atoms with van der Waals surface area (Å²) in [4.78, 5) is 40.3. The lowest BCUT2D eigenvalue weighted by Gasteiger charge is -2.23. The maximum absolute atomic E-state index is 14.0. The van der Waals surface area contributed by atoms with E-state index >= 15 is 0 Å². The van der Waals surface area contributed by atoms with E-state index in [0.29, 0.717) is 28.0 Å². The van der Waals surface area contributed by atoms with Crippen LogP contribution in [0.15, 0.2) is 47.1 Å². The Morgan fingerprint density at radius 1 is 1.09 bits per heavy atom. The summed E-state index contributed by atoms with van der Waals surface area (Å²) in [5.74, 6) is -1.12. The van der Waals surface area contributed by atoms with E-state index in [0.717, 1.165) is 10.0 Å². The molecule has 0 radical (unpaired) electrons. The highest BCUT2D eigenvalue weighted by Gasteiger charge is 2.33. The lowest BCUT2D eigenvalue weighted by molar-refractivity contribution is -0.136. The third kappa shape index (κ3) is 5.09. The molecule has 1 amide bonds. The fourth-order valence-corrected chi connectivity index (χ4v) is 4.25. The Hall–Kier alpha value is -2.93. The van der Waals surface area contributed by atoms with Crippen LogP contribution in [0.5, 0.6) is 0 Å². The lowest BCUT2D eigenvalue weighted by Crippen LogP contribution is -2.34. The van der Waals surface area contributed by atoms with Gasteiger partial charge in [0.05, 0.1) is 11.9 Å². The zero-order valence-electron chi connectivity index (χ0n) is 20.5. The number of ketones is 1. The molecule has 34 heavy (non-hydrogen) atoms. The number of benzene rings is 1. The third-order valence-corrected chi connectivity index (χ3v) is 6.45. The molecule has 180 valence electrons. The van der Waals surface area contributed by atoms with Crippen LogP contribution in [0.4, 0.5) is 5.69 Å². The molecule has 2 aromatic heterocycles. The summed E-state index contributed by atoms with van der Waals surface area (Å²) in [6.07, 6.45) is 1.64. The maximum Gasteiger partial charge on any atom is 0.305 e. The van der Waals surface area contributed by atoms with Gasteiger partial charge in [0.25, 0.3) is 5.91 Å². The van der Waals surface area contributed by atoms with Crippen LogP contribution in [0.3, 0.4) is 0 Å². The van der Waals surface area contributed by atoms with Crippen molar-refractivity contribution >= 4 is 44.8 Å². The van der Waals surface area contributed by atoms with Gasteiger partial charge in [-0.25, -0.2) is 0 Å². The molecule has 6 nitrogen and oxygen atoms in total. The molecule has 1 aromatic carbocycles. The Balaban J connectivity index is 2.26. The summed E-state index contributed by atoms with van der Waals surface area (Å²) < 4.78 is 2.63. The number of rotatable bonds is 7. The van der Waals surface area contributed by atoms with Gasteiger partial charge in [-0.05, 0) is 60.4 Å². The maximum atomic E-state index is 14.0. The summed E-state index contributed by atoms with van der Waals surface area (Å²) in [6, 6.07) is 11.1. The SMILES string of the molecule is Cc1c(C(=O)C(C)(C)C)c2cc(C(C)C)ccn2c1C(=O)N(CCC(=O)O)c1ccc(Br)cc1. The van der Waals surface area contributed by atoms with Crippen LogP contribution in [0, 0.1) is 12.3 Å². The Morgan fingerprint density at radius 3 is 2.24 bits per heavy atom. The van der Waals surface area contributed by atoms with Gasteiger partial charge in [-0.2, -0.15) is 0 Å². The first-order chi connectivity index (χ1) is 15.8. The van der Waals surface area contributed by atoms with E-state index in [1.807, 2.05) is 51.2 Å². The van der Waals surface area contributed by atoms with Crippen LogP contribution in [0.2, 0.25) is 0 Å². The number of carboxylic acid groups (broad SMARTS) is 1. The normalized spacial score (nSPS) is 11.8. The van der Waals surface area contributed by atoms with E-state index in [9.17, 15) is 19.5 Å². The number of hydrogen-bond donors (Lipinski definition) is 1. The summed E-state index contributed by atoms with van der Waals surface area (Å²) in [7, 11) is 0. The van der Waals surface area contributed by atoms with Crippen LogP contribution >= 0.6 is 15.9 Å². The number of Topliss-reactive ketones (excluding diaryl/α,β-unsaturated/α-hetero) is 1. The van der Waals surface area contributed by atoms with E-state index in [1.54, 1.807) is 23.5 Å². The van der Waals surface area contributed by atoms with Crippen molar-refractivity contribution < 1.29 is 19.5 Å². The van der Waals surface area contributed by atoms with Gasteiger partial charge >= 0.3 is 5.97 Å². The van der Waals surface area contributed by atoms with Crippen molar-refractivity contribution in [2.45, 2.75) is 53.9 Å². The number of carbonyl (C=O) groups is 3. The minimum absolute atomic E-state index is 0.00903. The smallest absolute Gasteiger partial charge is 0.305 e. The number of halogens is 1. The first kappa shape index (κ1) is 25.7. The fourth-order valence-electron chi connectivity index (χ4n) is 3.98. The highest BCUT2D eigenvalue weighted by atomic mass is 79.9. The molecule has 2 heterocycles. The third-order valence-electron chi connectivity index (χ3n) is 5.92. The van der Waals surface area contributed by atoms with Gasteiger partial charge < -0.3 is 14.4 Å². The van der Waals surface area contributed by atoms with E-state index in [4.69, 9.17) is 0 Å². The predicted octanol–water partition coefficient (Wildman–Crippen LogP) is 6.48. The average Bonchev–Trinajstić information content (AvgIpc) is 3.04. The minimum atomic E-state index is -0.989. The number of hydrogen-bond acceptors (Lipinski definition) is 3. The van der Waals surface area contributed by atoms with Gasteiger partial charge in [0.2, 0.25) is 0 Å². The quantitative estimate of drug-likeness (QED) is 0.357. The van der Waals surface area contributed by atoms with Gasteiger partial charge in [0.15, 0.2) is 5.78 Å². The first-order valence-corrected chi connectivity index (χ1v) is 12.1. The standard InChI is InChI=1S/C27H31BrN2O4/c1-16(2)18-11-13-30-21(15-18)23(25(33)27(4,5)6)17(3)24(30)26(34)29(14-12-22(31)32)20-9-7-19(28)8-10-20/h7-11,13,15-16H,12,14H2,1-6H3,(H,31,32). The van der Waals surface area contributed by atoms with Crippen molar-refractivity contribution in [2.75, 3.05) is 11.4 Å². The zero-order chi connectivity index (χ0) is 25.4. The van der Waals surface area contributed by atoms with E-state index in [-0.39, 0.29) is 30.6 Å². The molecule has 3 aromatic rings. The summed E-state index contributed by atoms with van der Waals surface area (Å²) >= 11 is 3.40. The molecule has 0 saturated heterocycles. The molecule has 0 saturated carbocycles. The molecule has 0 bridgehead atoms. The van der Waals surface area contributed by atoms with Crippen LogP contribution in [0.1, 0.15) is 78.9 Å². The number of nitrogens with zero attached hydrogens (tertiary/aromatic N) is 2. The Bertz CT molecular complexity index is 1250. The topological polar surface area (TPSA) is 79.1 Å². The van der Waals surface area contributed by atoms with Crippen molar-refractivity contribution in [3.63, 3.8) is 0 Å². The van der Waals surface area contributed by atoms with E-state index < -0.39 is 11.4 Å². The van der Waals surface area contributed by atoms with E-state index in [1.165, 1.54) is 4.90 Å². The summed E-state index contributed by atoms with van der Waals surface area (Å²) in [6.45, 7) is 11.6. The van der Waals surface area contributed by atoms with Gasteiger partial charge in [-0.15, -0.1) is 0 Å². The van der Waals surface area contributed by atoms with Crippen LogP contribution in [-0.4, -0.2) is 33.7 Å². The number of fused-ring (bicyclic) bond motifs is 1. The molecule has 0 aliphatic carbocycles. The Kier molecular flexibility index (Phi) is 7.36.